The highest BCUT2D eigenvalue weighted by Crippen LogP contribution is 2.38. The Kier molecular flexibility index (Phi) is 5.41. The van der Waals surface area contributed by atoms with Crippen LogP contribution in [0, 0.1) is 0 Å². The van der Waals surface area contributed by atoms with Gasteiger partial charge in [-0.3, -0.25) is 9.36 Å². The molecule has 2 aromatic heterocycles. The van der Waals surface area contributed by atoms with Crippen LogP contribution in [0.1, 0.15) is 15.9 Å². The Hall–Kier alpha value is -4.72. The zero-order valence-corrected chi connectivity index (χ0v) is 19.1. The third-order valence-electron chi connectivity index (χ3n) is 6.01. The third-order valence-corrected chi connectivity index (χ3v) is 6.01. The van der Waals surface area contributed by atoms with Crippen LogP contribution < -0.4 is 20.8 Å². The molecule has 35 heavy (non-hydrogen) atoms. The Morgan fingerprint density at radius 2 is 1.77 bits per heavy atom. The van der Waals surface area contributed by atoms with Gasteiger partial charge in [-0.15, -0.1) is 0 Å². The molecule has 0 aliphatic carbocycles. The van der Waals surface area contributed by atoms with E-state index >= 15 is 0 Å². The molecule has 0 radical (unpaired) electrons. The van der Waals surface area contributed by atoms with Gasteiger partial charge in [0.05, 0.1) is 26.3 Å². The molecule has 3 aromatic carbocycles. The molecule has 8 nitrogen and oxygen atoms in total. The number of methoxy groups -OCH3 is 2. The minimum Gasteiger partial charge on any atom is -0.497 e. The summed E-state index contributed by atoms with van der Waals surface area (Å²) in [5.41, 5.74) is 8.07. The first-order chi connectivity index (χ1) is 16.9. The van der Waals surface area contributed by atoms with Crippen LogP contribution in [-0.4, -0.2) is 29.9 Å². The monoisotopic (exact) mass is 470 g/mol. The highest BCUT2D eigenvalue weighted by molar-refractivity contribution is 6.12. The van der Waals surface area contributed by atoms with Crippen molar-refractivity contribution in [2.45, 2.75) is 6.54 Å². The van der Waals surface area contributed by atoms with E-state index in [0.29, 0.717) is 39.2 Å². The molecule has 5 aromatic rings. The Bertz CT molecular complexity index is 1650. The number of anilines is 1. The van der Waals surface area contributed by atoms with E-state index in [2.05, 4.69) is 0 Å². The van der Waals surface area contributed by atoms with E-state index in [9.17, 15) is 14.7 Å². The van der Waals surface area contributed by atoms with Gasteiger partial charge < -0.3 is 24.7 Å². The predicted molar refractivity (Wildman–Crippen MR) is 133 cm³/mol. The van der Waals surface area contributed by atoms with Gasteiger partial charge in [-0.2, -0.15) is 0 Å². The number of hydrogen-bond acceptors (Lipinski definition) is 6. The number of nitrogen functional groups attached to an aromatic ring is 1. The number of carboxylic acids is 1. The van der Waals surface area contributed by atoms with E-state index in [4.69, 9.17) is 19.6 Å². The number of rotatable bonds is 6. The first-order valence-electron chi connectivity index (χ1n) is 10.8. The van der Waals surface area contributed by atoms with Gasteiger partial charge in [0.2, 0.25) is 0 Å². The summed E-state index contributed by atoms with van der Waals surface area (Å²) in [7, 11) is 3.08. The Morgan fingerprint density at radius 1 is 1.03 bits per heavy atom. The van der Waals surface area contributed by atoms with Crippen LogP contribution in [0.3, 0.4) is 0 Å². The fraction of sp³-hybridized carbons (Fsp3) is 0.111. The molecule has 0 fully saturated rings. The van der Waals surface area contributed by atoms with E-state index in [1.54, 1.807) is 62.8 Å². The molecular weight excluding hydrogens is 448 g/mol. The summed E-state index contributed by atoms with van der Waals surface area (Å²) in [6, 6.07) is 19.2. The van der Waals surface area contributed by atoms with Gasteiger partial charge in [0.25, 0.3) is 5.56 Å². The highest BCUT2D eigenvalue weighted by Gasteiger charge is 2.27. The van der Waals surface area contributed by atoms with E-state index in [1.807, 2.05) is 18.2 Å². The zero-order valence-electron chi connectivity index (χ0n) is 19.1. The second-order valence-electron chi connectivity index (χ2n) is 8.02. The van der Waals surface area contributed by atoms with Gasteiger partial charge in [-0.25, -0.2) is 4.79 Å². The van der Waals surface area contributed by atoms with Crippen LogP contribution in [-0.2, 0) is 6.54 Å². The number of hydrogen-bond donors (Lipinski definition) is 2. The van der Waals surface area contributed by atoms with Crippen molar-refractivity contribution in [2.24, 2.45) is 0 Å². The summed E-state index contributed by atoms with van der Waals surface area (Å²) in [6.45, 7) is 0.0849. The summed E-state index contributed by atoms with van der Waals surface area (Å²) in [6.07, 6.45) is 0. The van der Waals surface area contributed by atoms with Gasteiger partial charge in [-0.1, -0.05) is 30.3 Å². The average Bonchev–Trinajstić information content (AvgIpc) is 3.23. The first-order valence-corrected chi connectivity index (χ1v) is 10.8. The lowest BCUT2D eigenvalue weighted by molar-refractivity contribution is 0.0695. The standard InChI is InChI=1S/C27H22N2O6/c1-33-18-10-7-15(8-11-18)22-23(27(31)32)26(30)29(14-16-5-3-4-6-20(16)34-2)24-19-12-9-17(28)13-21(19)35-25(22)24/h3-13H,14,28H2,1-2H3,(H,31,32). The van der Waals surface area contributed by atoms with Gasteiger partial charge >= 0.3 is 5.97 Å². The highest BCUT2D eigenvalue weighted by atomic mass is 16.5. The molecule has 0 saturated heterocycles. The maximum absolute atomic E-state index is 13.8. The summed E-state index contributed by atoms with van der Waals surface area (Å²) in [5, 5.41) is 10.8. The molecule has 8 heteroatoms. The molecule has 0 amide bonds. The number of nitrogens with two attached hydrogens (primary N) is 1. The molecule has 0 saturated carbocycles. The number of pyridine rings is 1. The molecule has 0 aliphatic heterocycles. The number of nitrogens with zero attached hydrogens (tertiary/aromatic N) is 1. The fourth-order valence-corrected chi connectivity index (χ4v) is 4.38. The van der Waals surface area contributed by atoms with E-state index in [0.717, 1.165) is 5.56 Å². The minimum atomic E-state index is -1.35. The van der Waals surface area contributed by atoms with Crippen molar-refractivity contribution in [2.75, 3.05) is 20.0 Å². The number of para-hydroxylation sites is 1. The molecule has 0 atom stereocenters. The predicted octanol–water partition coefficient (Wildman–Crippen LogP) is 4.76. The average molecular weight is 470 g/mol. The molecule has 0 aliphatic rings. The van der Waals surface area contributed by atoms with E-state index in [-0.39, 0.29) is 23.3 Å². The Balaban J connectivity index is 1.92. The normalized spacial score (nSPS) is 11.1. The van der Waals surface area contributed by atoms with Crippen molar-refractivity contribution >= 4 is 33.7 Å². The van der Waals surface area contributed by atoms with Crippen LogP contribution in [0.15, 0.2) is 75.9 Å². The smallest absolute Gasteiger partial charge is 0.342 e. The molecule has 0 unspecified atom stereocenters. The molecule has 0 bridgehead atoms. The second-order valence-corrected chi connectivity index (χ2v) is 8.02. The molecule has 3 N–H and O–H groups in total. The molecular formula is C27H22N2O6. The summed E-state index contributed by atoms with van der Waals surface area (Å²) < 4.78 is 18.3. The number of benzene rings is 3. The third kappa shape index (κ3) is 3.65. The van der Waals surface area contributed by atoms with Gasteiger partial charge in [-0.05, 0) is 35.9 Å². The number of furan rings is 1. The number of ether oxygens (including phenoxy) is 2. The summed E-state index contributed by atoms with van der Waals surface area (Å²) >= 11 is 0. The van der Waals surface area contributed by atoms with Crippen molar-refractivity contribution in [3.63, 3.8) is 0 Å². The Morgan fingerprint density at radius 3 is 2.46 bits per heavy atom. The number of fused-ring (bicyclic) bond motifs is 3. The molecule has 5 rings (SSSR count). The summed E-state index contributed by atoms with van der Waals surface area (Å²) in [5.74, 6) is -0.166. The van der Waals surface area contributed by atoms with Gasteiger partial charge in [0, 0.05) is 28.3 Å². The lowest BCUT2D eigenvalue weighted by Gasteiger charge is -2.15. The molecule has 0 spiro atoms. The van der Waals surface area contributed by atoms with Crippen LogP contribution in [0.5, 0.6) is 11.5 Å². The number of carboxylic acid groups (broad SMARTS) is 1. The van der Waals surface area contributed by atoms with Crippen molar-refractivity contribution < 1.29 is 23.8 Å². The Labute approximate surface area is 199 Å². The maximum Gasteiger partial charge on any atom is 0.342 e. The number of aromatic carboxylic acids is 1. The molecule has 176 valence electrons. The van der Waals surface area contributed by atoms with Crippen molar-refractivity contribution in [3.8, 4) is 22.6 Å². The van der Waals surface area contributed by atoms with E-state index in [1.165, 1.54) is 4.57 Å². The first kappa shape index (κ1) is 22.1. The van der Waals surface area contributed by atoms with Crippen molar-refractivity contribution in [1.29, 1.82) is 0 Å². The lowest BCUT2D eigenvalue weighted by atomic mass is 9.98. The fourth-order valence-electron chi connectivity index (χ4n) is 4.38. The van der Waals surface area contributed by atoms with Gasteiger partial charge in [0.15, 0.2) is 5.58 Å². The minimum absolute atomic E-state index is 0.0849. The van der Waals surface area contributed by atoms with Crippen molar-refractivity contribution in [3.05, 3.63) is 88.2 Å². The van der Waals surface area contributed by atoms with Crippen molar-refractivity contribution in [1.82, 2.24) is 4.57 Å². The largest absolute Gasteiger partial charge is 0.497 e. The second kappa shape index (κ2) is 8.57. The zero-order chi connectivity index (χ0) is 24.7. The quantitative estimate of drug-likeness (QED) is 0.344. The SMILES string of the molecule is COc1ccc(-c2c(C(=O)O)c(=O)n(Cc3ccccc3OC)c3c2oc2cc(N)ccc23)cc1. The van der Waals surface area contributed by atoms with Crippen LogP contribution in [0.2, 0.25) is 0 Å². The van der Waals surface area contributed by atoms with Crippen LogP contribution in [0.25, 0.3) is 33.2 Å². The maximum atomic E-state index is 13.8. The van der Waals surface area contributed by atoms with E-state index < -0.39 is 11.5 Å². The molecule has 2 heterocycles. The van der Waals surface area contributed by atoms with Gasteiger partial charge in [0.1, 0.15) is 22.6 Å². The number of aromatic nitrogens is 1. The van der Waals surface area contributed by atoms with Crippen LogP contribution in [0.4, 0.5) is 5.69 Å². The topological polar surface area (TPSA) is 117 Å². The number of carbonyl (C=O) groups is 1. The summed E-state index contributed by atoms with van der Waals surface area (Å²) in [4.78, 5) is 26.3. The lowest BCUT2D eigenvalue weighted by Crippen LogP contribution is -2.28. The van der Waals surface area contributed by atoms with Crippen LogP contribution >= 0.6 is 0 Å².